The van der Waals surface area contributed by atoms with E-state index in [-0.39, 0.29) is 0 Å². The summed E-state index contributed by atoms with van der Waals surface area (Å²) in [6.07, 6.45) is 2.21. The van der Waals surface area contributed by atoms with Crippen LogP contribution in [0.25, 0.3) is 6.08 Å². The van der Waals surface area contributed by atoms with Crippen LogP contribution in [0.3, 0.4) is 0 Å². The van der Waals surface area contributed by atoms with Gasteiger partial charge >= 0.3 is 0 Å². The standard InChI is InChI=1S/C17H27NO3S/c1-5-16-8-10-17(11-9-16)14-18(6-2,7-3)13-12-15(4)22(19,20)21/h5,8-11,15H,1,6-7,12-14H2,2-4H3. The molecule has 1 atom stereocenters. The van der Waals surface area contributed by atoms with E-state index in [0.29, 0.717) is 13.0 Å². The Kier molecular flexibility index (Phi) is 6.78. The van der Waals surface area contributed by atoms with Crippen LogP contribution < -0.4 is 0 Å². The van der Waals surface area contributed by atoms with Crippen molar-refractivity contribution in [1.29, 1.82) is 0 Å². The van der Waals surface area contributed by atoms with Gasteiger partial charge in [-0.2, -0.15) is 0 Å². The molecule has 0 saturated heterocycles. The lowest BCUT2D eigenvalue weighted by Crippen LogP contribution is -2.48. The van der Waals surface area contributed by atoms with Crippen molar-refractivity contribution >= 4 is 16.2 Å². The molecule has 0 N–H and O–H groups in total. The average molecular weight is 325 g/mol. The second-order valence-corrected chi connectivity index (χ2v) is 7.68. The molecular formula is C17H27NO3S. The van der Waals surface area contributed by atoms with E-state index in [1.807, 2.05) is 18.2 Å². The van der Waals surface area contributed by atoms with Crippen LogP contribution in [0.4, 0.5) is 0 Å². The molecule has 1 aromatic carbocycles. The molecule has 0 aromatic heterocycles. The molecule has 5 heteroatoms. The Balaban J connectivity index is 2.83. The molecule has 0 aliphatic carbocycles. The first kappa shape index (κ1) is 18.9. The lowest BCUT2D eigenvalue weighted by Gasteiger charge is -2.38. The smallest absolute Gasteiger partial charge is 0.104 e. The Bertz CT molecular complexity index is 574. The lowest BCUT2D eigenvalue weighted by atomic mass is 10.1. The summed E-state index contributed by atoms with van der Waals surface area (Å²) in [6, 6.07) is 8.24. The quantitative estimate of drug-likeness (QED) is 0.518. The molecule has 124 valence electrons. The van der Waals surface area contributed by atoms with E-state index in [0.717, 1.165) is 29.7 Å². The van der Waals surface area contributed by atoms with Crippen LogP contribution in [-0.4, -0.2) is 42.3 Å². The van der Waals surface area contributed by atoms with Gasteiger partial charge in [0.2, 0.25) is 0 Å². The van der Waals surface area contributed by atoms with Crippen molar-refractivity contribution in [3.05, 3.63) is 42.0 Å². The van der Waals surface area contributed by atoms with E-state index < -0.39 is 15.4 Å². The van der Waals surface area contributed by atoms with Crippen molar-refractivity contribution in [3.8, 4) is 0 Å². The molecule has 0 spiro atoms. The molecule has 0 fully saturated rings. The molecule has 0 aliphatic rings. The van der Waals surface area contributed by atoms with Gasteiger partial charge in [0.15, 0.2) is 0 Å². The van der Waals surface area contributed by atoms with E-state index in [1.165, 1.54) is 12.5 Å². The number of nitrogens with zero attached hydrogens (tertiary/aromatic N) is 1. The van der Waals surface area contributed by atoms with Gasteiger partial charge in [-0.15, -0.1) is 0 Å². The molecular weight excluding hydrogens is 298 g/mol. The van der Waals surface area contributed by atoms with Gasteiger partial charge in [0.25, 0.3) is 0 Å². The van der Waals surface area contributed by atoms with Crippen molar-refractivity contribution < 1.29 is 17.5 Å². The molecule has 0 heterocycles. The molecule has 1 unspecified atom stereocenters. The third-order valence-electron chi connectivity index (χ3n) is 4.58. The molecule has 0 radical (unpaired) electrons. The zero-order valence-corrected chi connectivity index (χ0v) is 14.6. The van der Waals surface area contributed by atoms with Gasteiger partial charge in [-0.25, -0.2) is 8.42 Å². The summed E-state index contributed by atoms with van der Waals surface area (Å²) in [5, 5.41) is -0.828. The van der Waals surface area contributed by atoms with E-state index in [1.54, 1.807) is 0 Å². The summed E-state index contributed by atoms with van der Waals surface area (Å²) in [5.74, 6) is 0. The van der Waals surface area contributed by atoms with Crippen LogP contribution in [-0.2, 0) is 16.7 Å². The molecule has 0 amide bonds. The summed E-state index contributed by atoms with van der Waals surface area (Å²) < 4.78 is 34.0. The van der Waals surface area contributed by atoms with Crippen LogP contribution in [0.1, 0.15) is 38.3 Å². The first-order chi connectivity index (χ1) is 10.3. The van der Waals surface area contributed by atoms with Gasteiger partial charge in [0, 0.05) is 12.0 Å². The topological polar surface area (TPSA) is 57.2 Å². The van der Waals surface area contributed by atoms with E-state index in [4.69, 9.17) is 0 Å². The molecule has 0 aliphatic heterocycles. The maximum atomic E-state index is 11.1. The minimum Gasteiger partial charge on any atom is -0.748 e. The lowest BCUT2D eigenvalue weighted by molar-refractivity contribution is -0.937. The fraction of sp³-hybridized carbons (Fsp3) is 0.529. The number of hydrogen-bond donors (Lipinski definition) is 0. The van der Waals surface area contributed by atoms with Crippen molar-refractivity contribution in [3.63, 3.8) is 0 Å². The van der Waals surface area contributed by atoms with Crippen molar-refractivity contribution in [2.75, 3.05) is 19.6 Å². The third-order valence-corrected chi connectivity index (χ3v) is 5.80. The number of quaternary nitrogens is 1. The Hall–Kier alpha value is -1.17. The average Bonchev–Trinajstić information content (AvgIpc) is 2.51. The monoisotopic (exact) mass is 325 g/mol. The van der Waals surface area contributed by atoms with Crippen molar-refractivity contribution in [2.24, 2.45) is 0 Å². The Morgan fingerprint density at radius 2 is 1.77 bits per heavy atom. The first-order valence-corrected chi connectivity index (χ1v) is 9.24. The molecule has 1 rings (SSSR count). The normalized spacial score (nSPS) is 13.8. The SMILES string of the molecule is C=Cc1ccc(C[N+](CC)(CC)CCC(C)S(=O)(=O)[O-])cc1. The highest BCUT2D eigenvalue weighted by Crippen LogP contribution is 2.18. The van der Waals surface area contributed by atoms with Crippen LogP contribution in [0.2, 0.25) is 0 Å². The second kappa shape index (κ2) is 7.90. The Morgan fingerprint density at radius 3 is 2.18 bits per heavy atom. The molecule has 4 nitrogen and oxygen atoms in total. The van der Waals surface area contributed by atoms with Crippen LogP contribution in [0.5, 0.6) is 0 Å². The van der Waals surface area contributed by atoms with Crippen molar-refractivity contribution in [1.82, 2.24) is 0 Å². The summed E-state index contributed by atoms with van der Waals surface area (Å²) in [6.45, 7) is 12.8. The Labute approximate surface area is 134 Å². The minimum absolute atomic E-state index is 0.401. The highest BCUT2D eigenvalue weighted by molar-refractivity contribution is 7.86. The molecule has 22 heavy (non-hydrogen) atoms. The Morgan fingerprint density at radius 1 is 1.23 bits per heavy atom. The summed E-state index contributed by atoms with van der Waals surface area (Å²) in [4.78, 5) is 0. The van der Waals surface area contributed by atoms with Gasteiger partial charge in [0.1, 0.15) is 6.54 Å². The number of benzene rings is 1. The zero-order valence-electron chi connectivity index (χ0n) is 13.8. The van der Waals surface area contributed by atoms with E-state index in [9.17, 15) is 13.0 Å². The van der Waals surface area contributed by atoms with Gasteiger partial charge in [-0.3, -0.25) is 0 Å². The molecule has 1 aromatic rings. The highest BCUT2D eigenvalue weighted by atomic mass is 32.2. The minimum atomic E-state index is -4.19. The maximum absolute atomic E-state index is 11.1. The van der Waals surface area contributed by atoms with Gasteiger partial charge in [0.05, 0.1) is 35.0 Å². The van der Waals surface area contributed by atoms with Gasteiger partial charge < -0.3 is 9.04 Å². The molecule has 0 saturated carbocycles. The second-order valence-electron chi connectivity index (χ2n) is 5.89. The van der Waals surface area contributed by atoms with E-state index >= 15 is 0 Å². The maximum Gasteiger partial charge on any atom is 0.104 e. The van der Waals surface area contributed by atoms with Crippen LogP contribution >= 0.6 is 0 Å². The fourth-order valence-electron chi connectivity index (χ4n) is 2.59. The van der Waals surface area contributed by atoms with Crippen LogP contribution in [0.15, 0.2) is 30.8 Å². The largest absolute Gasteiger partial charge is 0.748 e. The highest BCUT2D eigenvalue weighted by Gasteiger charge is 2.25. The number of rotatable bonds is 9. The summed E-state index contributed by atoms with van der Waals surface area (Å²) in [7, 11) is -4.19. The predicted octanol–water partition coefficient (Wildman–Crippen LogP) is 3.01. The van der Waals surface area contributed by atoms with E-state index in [2.05, 4.69) is 32.6 Å². The van der Waals surface area contributed by atoms with Crippen molar-refractivity contribution in [2.45, 2.75) is 39.0 Å². The summed E-state index contributed by atoms with van der Waals surface area (Å²) >= 11 is 0. The summed E-state index contributed by atoms with van der Waals surface area (Å²) in [5.41, 5.74) is 2.30. The first-order valence-electron chi connectivity index (χ1n) is 7.77. The number of hydrogen-bond acceptors (Lipinski definition) is 3. The fourth-order valence-corrected chi connectivity index (χ4v) is 2.98. The van der Waals surface area contributed by atoms with Gasteiger partial charge in [-0.1, -0.05) is 36.9 Å². The molecule has 0 bridgehead atoms. The zero-order chi connectivity index (χ0) is 16.8. The van der Waals surface area contributed by atoms with Crippen LogP contribution in [0, 0.1) is 0 Å². The third kappa shape index (κ3) is 5.23. The van der Waals surface area contributed by atoms with Gasteiger partial charge in [-0.05, 0) is 26.3 Å². The predicted molar refractivity (Wildman–Crippen MR) is 90.2 cm³/mol.